The zero-order valence-corrected chi connectivity index (χ0v) is 16.1. The predicted molar refractivity (Wildman–Crippen MR) is 109 cm³/mol. The van der Waals surface area contributed by atoms with Crippen molar-refractivity contribution in [2.75, 3.05) is 7.05 Å². The Labute approximate surface area is 167 Å². The van der Waals surface area contributed by atoms with Gasteiger partial charge >= 0.3 is 0 Å². The molecule has 0 saturated heterocycles. The zero-order valence-electron chi connectivity index (χ0n) is 16.1. The van der Waals surface area contributed by atoms with Crippen molar-refractivity contribution in [2.24, 2.45) is 0 Å². The van der Waals surface area contributed by atoms with Gasteiger partial charge in [-0.25, -0.2) is 9.67 Å². The molecule has 0 bridgehead atoms. The van der Waals surface area contributed by atoms with E-state index in [9.17, 15) is 9.59 Å². The van der Waals surface area contributed by atoms with Crippen LogP contribution in [0, 0.1) is 0 Å². The lowest BCUT2D eigenvalue weighted by atomic mass is 10.1. The Morgan fingerprint density at radius 3 is 2.59 bits per heavy atom. The van der Waals surface area contributed by atoms with Gasteiger partial charge in [0.2, 0.25) is 11.3 Å². The number of benzene rings is 2. The van der Waals surface area contributed by atoms with E-state index in [4.69, 9.17) is 0 Å². The van der Waals surface area contributed by atoms with E-state index in [1.165, 1.54) is 12.5 Å². The van der Waals surface area contributed by atoms with Gasteiger partial charge in [-0.3, -0.25) is 14.3 Å². The number of fused-ring (bicyclic) bond motifs is 1. The first kappa shape index (κ1) is 18.5. The van der Waals surface area contributed by atoms with E-state index in [1.807, 2.05) is 37.3 Å². The van der Waals surface area contributed by atoms with Crippen LogP contribution in [-0.4, -0.2) is 42.4 Å². The van der Waals surface area contributed by atoms with Crippen molar-refractivity contribution in [1.82, 2.24) is 29.4 Å². The first-order chi connectivity index (χ1) is 14.0. The first-order valence-corrected chi connectivity index (χ1v) is 9.20. The average molecular weight is 388 g/mol. The predicted octanol–water partition coefficient (Wildman–Crippen LogP) is 2.20. The number of nitrogens with zero attached hydrogens (tertiary/aromatic N) is 6. The van der Waals surface area contributed by atoms with E-state index < -0.39 is 0 Å². The number of aromatic nitrogens is 5. The quantitative estimate of drug-likeness (QED) is 0.523. The maximum Gasteiger partial charge on any atom is 0.244 e. The third-order valence-corrected chi connectivity index (χ3v) is 5.08. The summed E-state index contributed by atoms with van der Waals surface area (Å²) in [5.74, 6) is -0.0980. The van der Waals surface area contributed by atoms with Crippen molar-refractivity contribution in [3.63, 3.8) is 0 Å². The van der Waals surface area contributed by atoms with E-state index in [1.54, 1.807) is 45.8 Å². The minimum Gasteiger partial charge on any atom is -0.337 e. The summed E-state index contributed by atoms with van der Waals surface area (Å²) in [6, 6.07) is 14.9. The highest BCUT2D eigenvalue weighted by molar-refractivity contribution is 5.81. The van der Waals surface area contributed by atoms with E-state index in [0.717, 1.165) is 11.3 Å². The van der Waals surface area contributed by atoms with Gasteiger partial charge in [-0.15, -0.1) is 0 Å². The summed E-state index contributed by atoms with van der Waals surface area (Å²) >= 11 is 0. The molecule has 0 aliphatic carbocycles. The van der Waals surface area contributed by atoms with Gasteiger partial charge in [0.05, 0.1) is 23.4 Å². The second kappa shape index (κ2) is 7.67. The van der Waals surface area contributed by atoms with Gasteiger partial charge in [0.25, 0.3) is 0 Å². The normalized spacial score (nSPS) is 12.1. The molecule has 8 heteroatoms. The lowest BCUT2D eigenvalue weighted by Gasteiger charge is -2.26. The van der Waals surface area contributed by atoms with Crippen LogP contribution in [0.3, 0.4) is 0 Å². The third kappa shape index (κ3) is 3.64. The van der Waals surface area contributed by atoms with E-state index >= 15 is 0 Å². The summed E-state index contributed by atoms with van der Waals surface area (Å²) in [5, 5.41) is 8.80. The van der Waals surface area contributed by atoms with Crippen LogP contribution < -0.4 is 5.43 Å². The van der Waals surface area contributed by atoms with Crippen LogP contribution in [0.25, 0.3) is 16.6 Å². The maximum atomic E-state index is 12.9. The Morgan fingerprint density at radius 2 is 1.86 bits per heavy atom. The second-order valence-electron chi connectivity index (χ2n) is 6.80. The Bertz CT molecular complexity index is 1200. The first-order valence-electron chi connectivity index (χ1n) is 9.20. The van der Waals surface area contributed by atoms with Crippen molar-refractivity contribution in [3.05, 3.63) is 83.2 Å². The van der Waals surface area contributed by atoms with E-state index in [-0.39, 0.29) is 23.9 Å². The fraction of sp³-hybridized carbons (Fsp3) is 0.190. The Hall–Kier alpha value is -3.81. The summed E-state index contributed by atoms with van der Waals surface area (Å²) in [6.45, 7) is 2.03. The number of hydrogen-bond acceptors (Lipinski definition) is 5. The maximum absolute atomic E-state index is 12.9. The molecule has 2 aromatic heterocycles. The molecule has 0 radical (unpaired) electrons. The lowest BCUT2D eigenvalue weighted by Crippen LogP contribution is -2.33. The molecular weight excluding hydrogens is 368 g/mol. The third-order valence-electron chi connectivity index (χ3n) is 5.08. The molecule has 0 spiro atoms. The van der Waals surface area contributed by atoms with Crippen LogP contribution in [0.15, 0.2) is 72.2 Å². The Morgan fingerprint density at radius 1 is 1.10 bits per heavy atom. The van der Waals surface area contributed by atoms with E-state index in [0.29, 0.717) is 10.9 Å². The number of hydrogen-bond donors (Lipinski definition) is 0. The standard InChI is InChI=1S/C21H20N6O2/c1-15(16-7-9-17(10-8-16)27-14-22-13-24-27)25(2)21(29)12-26-19-6-4-3-5-18(19)20(28)11-23-26/h3-11,13-15H,12H2,1-2H3/t15-/m1/s1. The smallest absolute Gasteiger partial charge is 0.244 e. The highest BCUT2D eigenvalue weighted by atomic mass is 16.2. The topological polar surface area (TPSA) is 85.9 Å². The molecule has 1 amide bonds. The Kier molecular flexibility index (Phi) is 4.90. The lowest BCUT2D eigenvalue weighted by molar-refractivity contribution is -0.132. The van der Waals surface area contributed by atoms with Crippen LogP contribution in [0.5, 0.6) is 0 Å². The summed E-state index contributed by atoms with van der Waals surface area (Å²) in [6.07, 6.45) is 4.37. The monoisotopic (exact) mass is 388 g/mol. The fourth-order valence-electron chi connectivity index (χ4n) is 3.21. The summed E-state index contributed by atoms with van der Waals surface area (Å²) in [4.78, 5) is 30.5. The molecule has 0 aliphatic rings. The van der Waals surface area contributed by atoms with Crippen LogP contribution in [-0.2, 0) is 11.3 Å². The molecule has 2 heterocycles. The molecule has 0 N–H and O–H groups in total. The Balaban J connectivity index is 1.52. The van der Waals surface area contributed by atoms with Crippen molar-refractivity contribution >= 4 is 16.8 Å². The number of rotatable bonds is 5. The van der Waals surface area contributed by atoms with E-state index in [2.05, 4.69) is 15.2 Å². The molecule has 4 aromatic rings. The largest absolute Gasteiger partial charge is 0.337 e. The molecular formula is C21H20N6O2. The highest BCUT2D eigenvalue weighted by Gasteiger charge is 2.19. The number of amides is 1. The molecule has 0 saturated carbocycles. The zero-order chi connectivity index (χ0) is 20.4. The van der Waals surface area contributed by atoms with Crippen molar-refractivity contribution in [2.45, 2.75) is 19.5 Å². The second-order valence-corrected chi connectivity index (χ2v) is 6.80. The molecule has 0 fully saturated rings. The highest BCUT2D eigenvalue weighted by Crippen LogP contribution is 2.21. The summed E-state index contributed by atoms with van der Waals surface area (Å²) < 4.78 is 3.24. The summed E-state index contributed by atoms with van der Waals surface area (Å²) in [7, 11) is 1.77. The molecule has 1 atom stereocenters. The molecule has 0 aliphatic heterocycles. The molecule has 146 valence electrons. The van der Waals surface area contributed by atoms with Crippen molar-refractivity contribution in [1.29, 1.82) is 0 Å². The van der Waals surface area contributed by atoms with Gasteiger partial charge in [0, 0.05) is 12.4 Å². The molecule has 0 unspecified atom stereocenters. The van der Waals surface area contributed by atoms with Gasteiger partial charge < -0.3 is 4.90 Å². The number of para-hydroxylation sites is 1. The molecule has 8 nitrogen and oxygen atoms in total. The van der Waals surface area contributed by atoms with Gasteiger partial charge in [0.1, 0.15) is 19.2 Å². The van der Waals surface area contributed by atoms with Crippen LogP contribution in [0.1, 0.15) is 18.5 Å². The van der Waals surface area contributed by atoms with Crippen LogP contribution >= 0.6 is 0 Å². The average Bonchev–Trinajstić information content (AvgIpc) is 3.30. The number of likely N-dealkylation sites (N-methyl/N-ethyl adjacent to an activating group) is 1. The number of carbonyl (C=O) groups excluding carboxylic acids is 1. The van der Waals surface area contributed by atoms with Crippen LogP contribution in [0.2, 0.25) is 0 Å². The van der Waals surface area contributed by atoms with Gasteiger partial charge in [-0.05, 0) is 36.8 Å². The van der Waals surface area contributed by atoms with Crippen molar-refractivity contribution < 1.29 is 4.79 Å². The minimum atomic E-state index is -0.154. The van der Waals surface area contributed by atoms with Crippen molar-refractivity contribution in [3.8, 4) is 5.69 Å². The van der Waals surface area contributed by atoms with Gasteiger partial charge in [-0.1, -0.05) is 24.3 Å². The summed E-state index contributed by atoms with van der Waals surface area (Å²) in [5.41, 5.74) is 2.39. The fourth-order valence-corrected chi connectivity index (χ4v) is 3.21. The molecule has 4 rings (SSSR count). The SMILES string of the molecule is C[C@H](c1ccc(-n2cncn2)cc1)N(C)C(=O)Cn1ncc(=O)c2ccccc21. The number of carbonyl (C=O) groups is 1. The molecule has 29 heavy (non-hydrogen) atoms. The minimum absolute atomic E-state index is 0.0542. The van der Waals surface area contributed by atoms with Gasteiger partial charge in [-0.2, -0.15) is 10.2 Å². The van der Waals surface area contributed by atoms with Crippen LogP contribution in [0.4, 0.5) is 0 Å². The molecule has 2 aromatic carbocycles. The van der Waals surface area contributed by atoms with Gasteiger partial charge in [0.15, 0.2) is 0 Å².